The maximum Gasteiger partial charge on any atom is 0.262 e. The number of benzene rings is 2. The van der Waals surface area contributed by atoms with Crippen LogP contribution in [0.25, 0.3) is 11.1 Å². The summed E-state index contributed by atoms with van der Waals surface area (Å²) >= 11 is 0. The number of fused-ring (bicyclic) bond motifs is 1. The number of ether oxygens (including phenoxy) is 1. The van der Waals surface area contributed by atoms with Crippen molar-refractivity contribution in [1.29, 1.82) is 0 Å². The molecule has 2 aromatic rings. The molecule has 1 aliphatic rings. The molecule has 1 amide bonds. The van der Waals surface area contributed by atoms with E-state index < -0.39 is 81.6 Å². The molecule has 2 aromatic carbocycles. The standard InChI is InChI=1S/C14H3F8NO2/c15-5-3(6(16)10(20)11(21)9(5)19)4-7(17)12(22)14-13(8(4)18)23-2(24)1-25-14/h1H2,(H,23,24). The predicted octanol–water partition coefficient (Wildman–Crippen LogP) is 3.80. The minimum atomic E-state index is -2.56. The molecule has 0 spiro atoms. The summed E-state index contributed by atoms with van der Waals surface area (Å²) in [7, 11) is 0. The van der Waals surface area contributed by atoms with Crippen LogP contribution in [-0.2, 0) is 4.79 Å². The third-order valence-electron chi connectivity index (χ3n) is 3.35. The summed E-state index contributed by atoms with van der Waals surface area (Å²) in [4.78, 5) is 11.2. The van der Waals surface area contributed by atoms with E-state index in [0.29, 0.717) is 0 Å². The first-order valence-electron chi connectivity index (χ1n) is 6.31. The summed E-state index contributed by atoms with van der Waals surface area (Å²) in [6.07, 6.45) is 0. The lowest BCUT2D eigenvalue weighted by Gasteiger charge is -2.21. The fraction of sp³-hybridized carbons (Fsp3) is 0.0714. The summed E-state index contributed by atoms with van der Waals surface area (Å²) in [6.45, 7) is -0.801. The van der Waals surface area contributed by atoms with Crippen molar-refractivity contribution in [1.82, 2.24) is 0 Å². The first-order chi connectivity index (χ1) is 11.7. The van der Waals surface area contributed by atoms with Crippen molar-refractivity contribution in [2.24, 2.45) is 0 Å². The van der Waals surface area contributed by atoms with Gasteiger partial charge in [0.15, 0.2) is 47.3 Å². The maximum absolute atomic E-state index is 14.4. The highest BCUT2D eigenvalue weighted by Gasteiger charge is 2.36. The van der Waals surface area contributed by atoms with Crippen LogP contribution in [0.5, 0.6) is 5.75 Å². The molecule has 0 saturated carbocycles. The molecule has 25 heavy (non-hydrogen) atoms. The van der Waals surface area contributed by atoms with Gasteiger partial charge in [-0.25, -0.2) is 30.7 Å². The van der Waals surface area contributed by atoms with Crippen LogP contribution in [0.15, 0.2) is 0 Å². The Morgan fingerprint density at radius 2 is 1.08 bits per heavy atom. The lowest BCUT2D eigenvalue weighted by Crippen LogP contribution is -2.27. The highest BCUT2D eigenvalue weighted by atomic mass is 19.2. The normalized spacial score (nSPS) is 13.4. The first kappa shape index (κ1) is 17.0. The molecule has 0 atom stereocenters. The van der Waals surface area contributed by atoms with E-state index in [-0.39, 0.29) is 0 Å². The third-order valence-corrected chi connectivity index (χ3v) is 3.35. The largest absolute Gasteiger partial charge is 0.478 e. The van der Waals surface area contributed by atoms with E-state index in [2.05, 4.69) is 4.74 Å². The fourth-order valence-electron chi connectivity index (χ4n) is 2.24. The smallest absolute Gasteiger partial charge is 0.262 e. The van der Waals surface area contributed by atoms with Gasteiger partial charge in [0.25, 0.3) is 5.91 Å². The van der Waals surface area contributed by atoms with E-state index in [9.17, 15) is 39.9 Å². The first-order valence-corrected chi connectivity index (χ1v) is 6.31. The number of carbonyl (C=O) groups excluding carboxylic acids is 1. The van der Waals surface area contributed by atoms with Crippen LogP contribution in [0.2, 0.25) is 0 Å². The van der Waals surface area contributed by atoms with Crippen molar-refractivity contribution in [3.05, 3.63) is 46.5 Å². The van der Waals surface area contributed by atoms with Gasteiger partial charge < -0.3 is 10.1 Å². The molecule has 1 aliphatic heterocycles. The number of hydrogen-bond donors (Lipinski definition) is 1. The average Bonchev–Trinajstić information content (AvgIpc) is 2.59. The van der Waals surface area contributed by atoms with Crippen LogP contribution >= 0.6 is 0 Å². The lowest BCUT2D eigenvalue weighted by molar-refractivity contribution is -0.118. The molecule has 1 N–H and O–H groups in total. The van der Waals surface area contributed by atoms with Crippen molar-refractivity contribution < 1.29 is 44.7 Å². The molecule has 3 nitrogen and oxygen atoms in total. The van der Waals surface area contributed by atoms with Crippen molar-refractivity contribution in [2.75, 3.05) is 11.9 Å². The highest BCUT2D eigenvalue weighted by Crippen LogP contribution is 2.43. The molecule has 0 aromatic heterocycles. The van der Waals surface area contributed by atoms with Crippen LogP contribution in [0.1, 0.15) is 0 Å². The van der Waals surface area contributed by atoms with Gasteiger partial charge in [-0.1, -0.05) is 0 Å². The van der Waals surface area contributed by atoms with E-state index in [1.807, 2.05) is 0 Å². The van der Waals surface area contributed by atoms with E-state index in [0.717, 1.165) is 0 Å². The quantitative estimate of drug-likeness (QED) is 0.472. The number of carbonyl (C=O) groups is 1. The summed E-state index contributed by atoms with van der Waals surface area (Å²) in [5, 5.41) is 1.73. The van der Waals surface area contributed by atoms with Crippen molar-refractivity contribution in [3.63, 3.8) is 0 Å². The molecule has 1 heterocycles. The van der Waals surface area contributed by atoms with Gasteiger partial charge in [0.1, 0.15) is 5.69 Å². The Morgan fingerprint density at radius 3 is 1.64 bits per heavy atom. The summed E-state index contributed by atoms with van der Waals surface area (Å²) in [5.41, 5.74) is -5.03. The highest BCUT2D eigenvalue weighted by molar-refractivity contribution is 5.96. The van der Waals surface area contributed by atoms with Crippen molar-refractivity contribution >= 4 is 11.6 Å². The number of hydrogen-bond acceptors (Lipinski definition) is 2. The molecule has 11 heteroatoms. The van der Waals surface area contributed by atoms with Crippen LogP contribution in [0.4, 0.5) is 40.8 Å². The lowest BCUT2D eigenvalue weighted by atomic mass is 10.00. The van der Waals surface area contributed by atoms with Gasteiger partial charge in [-0.05, 0) is 0 Å². The van der Waals surface area contributed by atoms with E-state index in [4.69, 9.17) is 0 Å². The van der Waals surface area contributed by atoms with Crippen LogP contribution in [-0.4, -0.2) is 12.5 Å². The summed E-state index contributed by atoms with van der Waals surface area (Å²) in [5.74, 6) is -21.0. The van der Waals surface area contributed by atoms with E-state index in [1.54, 1.807) is 5.32 Å². The number of halogens is 8. The molecule has 0 bridgehead atoms. The monoisotopic (exact) mass is 369 g/mol. The zero-order valence-corrected chi connectivity index (χ0v) is 11.5. The second kappa shape index (κ2) is 5.60. The summed E-state index contributed by atoms with van der Waals surface area (Å²) < 4.78 is 114. The Kier molecular flexibility index (Phi) is 3.81. The van der Waals surface area contributed by atoms with Crippen molar-refractivity contribution in [2.45, 2.75) is 0 Å². The molecule has 0 unspecified atom stereocenters. The topological polar surface area (TPSA) is 38.3 Å². The number of nitrogens with one attached hydrogen (secondary N) is 1. The molecule has 3 rings (SSSR count). The number of rotatable bonds is 1. The SMILES string of the molecule is O=C1COc2c(F)c(F)c(-c3c(F)c(F)c(F)c(F)c3F)c(F)c2N1. The second-order valence-electron chi connectivity index (χ2n) is 4.80. The second-order valence-corrected chi connectivity index (χ2v) is 4.80. The molecular formula is C14H3F8NO2. The van der Waals surface area contributed by atoms with E-state index >= 15 is 0 Å². The zero-order chi connectivity index (χ0) is 18.6. The van der Waals surface area contributed by atoms with Gasteiger partial charge in [-0.15, -0.1) is 0 Å². The number of amides is 1. The van der Waals surface area contributed by atoms with Gasteiger partial charge in [-0.3, -0.25) is 4.79 Å². The maximum atomic E-state index is 14.4. The Hall–Kier alpha value is -2.85. The molecule has 0 aliphatic carbocycles. The molecule has 132 valence electrons. The van der Waals surface area contributed by atoms with Crippen molar-refractivity contribution in [3.8, 4) is 16.9 Å². The Labute approximate surface area is 132 Å². The average molecular weight is 369 g/mol. The van der Waals surface area contributed by atoms with Crippen LogP contribution in [0, 0.1) is 46.5 Å². The summed E-state index contributed by atoms with van der Waals surface area (Å²) in [6, 6.07) is 0. The van der Waals surface area contributed by atoms with E-state index in [1.165, 1.54) is 0 Å². The van der Waals surface area contributed by atoms with Gasteiger partial charge >= 0.3 is 0 Å². The number of anilines is 1. The van der Waals surface area contributed by atoms with Gasteiger partial charge in [0, 0.05) is 0 Å². The molecule has 0 saturated heterocycles. The predicted molar refractivity (Wildman–Crippen MR) is 65.7 cm³/mol. The van der Waals surface area contributed by atoms with Gasteiger partial charge in [0.05, 0.1) is 11.1 Å². The van der Waals surface area contributed by atoms with Gasteiger partial charge in [-0.2, -0.15) is 4.39 Å². The van der Waals surface area contributed by atoms with Crippen LogP contribution in [0.3, 0.4) is 0 Å². The zero-order valence-electron chi connectivity index (χ0n) is 11.5. The fourth-order valence-corrected chi connectivity index (χ4v) is 2.24. The Bertz CT molecular complexity index is 915. The Balaban J connectivity index is 2.43. The molecular weight excluding hydrogens is 366 g/mol. The minimum absolute atomic E-state index is 0.801. The minimum Gasteiger partial charge on any atom is -0.478 e. The van der Waals surface area contributed by atoms with Gasteiger partial charge in [0.2, 0.25) is 11.6 Å². The Morgan fingerprint density at radius 1 is 0.640 bits per heavy atom. The molecule has 0 radical (unpaired) electrons. The van der Waals surface area contributed by atoms with Crippen LogP contribution < -0.4 is 10.1 Å². The molecule has 0 fully saturated rings. The third kappa shape index (κ3) is 2.29.